The van der Waals surface area contributed by atoms with E-state index in [9.17, 15) is 9.90 Å². The molecule has 32 heavy (non-hydrogen) atoms. The topological polar surface area (TPSA) is 82.6 Å². The standard InChI is InChI=1S/C27H39NO4/c1-20(9-6-11-21(2)13-8-17-29)10-7-12-22(3)16-18-32-27(31)26-23-14-4-5-15-24(23)28-25(26)19-30/h4-5,7,10,12,14-15,20-21,28-30H,6,8-9,11,13,16-19H2,1-3H3/b10-7+,22-12+. The summed E-state index contributed by atoms with van der Waals surface area (Å²) in [5.74, 6) is 0.804. The number of rotatable bonds is 14. The quantitative estimate of drug-likeness (QED) is 0.251. The maximum Gasteiger partial charge on any atom is 0.340 e. The second-order valence-electron chi connectivity index (χ2n) is 8.85. The van der Waals surface area contributed by atoms with Gasteiger partial charge in [0.1, 0.15) is 0 Å². The Morgan fingerprint density at radius 2 is 1.88 bits per heavy atom. The molecule has 176 valence electrons. The Labute approximate surface area is 192 Å². The highest BCUT2D eigenvalue weighted by molar-refractivity contribution is 6.05. The molecule has 0 radical (unpaired) electrons. The molecule has 2 atom stereocenters. The molecule has 5 heteroatoms. The minimum Gasteiger partial charge on any atom is -0.462 e. The number of esters is 1. The van der Waals surface area contributed by atoms with Crippen LogP contribution in [0.5, 0.6) is 0 Å². The van der Waals surface area contributed by atoms with Crippen LogP contribution in [-0.2, 0) is 11.3 Å². The van der Waals surface area contributed by atoms with Gasteiger partial charge in [0.25, 0.3) is 0 Å². The molecule has 1 aromatic heterocycles. The van der Waals surface area contributed by atoms with Crippen LogP contribution in [-0.4, -0.2) is 34.4 Å². The highest BCUT2D eigenvalue weighted by Crippen LogP contribution is 2.23. The van der Waals surface area contributed by atoms with Gasteiger partial charge in [-0.15, -0.1) is 0 Å². The summed E-state index contributed by atoms with van der Waals surface area (Å²) in [6.07, 6.45) is 12.7. The number of para-hydroxylation sites is 1. The minimum absolute atomic E-state index is 0.234. The van der Waals surface area contributed by atoms with Gasteiger partial charge in [-0.3, -0.25) is 0 Å². The van der Waals surface area contributed by atoms with Crippen LogP contribution in [0.25, 0.3) is 10.9 Å². The second-order valence-corrected chi connectivity index (χ2v) is 8.85. The molecule has 0 aliphatic carbocycles. The molecule has 2 rings (SSSR count). The normalized spacial score (nSPS) is 14.2. The van der Waals surface area contributed by atoms with Gasteiger partial charge in [-0.1, -0.05) is 68.7 Å². The number of hydrogen-bond donors (Lipinski definition) is 3. The van der Waals surface area contributed by atoms with Crippen LogP contribution in [0.1, 0.15) is 75.3 Å². The predicted octanol–water partition coefficient (Wildman–Crippen LogP) is 5.92. The van der Waals surface area contributed by atoms with Crippen molar-refractivity contribution in [3.63, 3.8) is 0 Å². The molecular weight excluding hydrogens is 402 g/mol. The number of ether oxygens (including phenoxy) is 1. The molecular formula is C27H39NO4. The summed E-state index contributed by atoms with van der Waals surface area (Å²) >= 11 is 0. The summed E-state index contributed by atoms with van der Waals surface area (Å²) < 4.78 is 5.49. The van der Waals surface area contributed by atoms with Gasteiger partial charge in [0.15, 0.2) is 0 Å². The number of allylic oxidation sites excluding steroid dienone is 3. The molecule has 0 fully saturated rings. The minimum atomic E-state index is -0.406. The molecule has 0 aliphatic heterocycles. The zero-order valence-electron chi connectivity index (χ0n) is 19.8. The molecule has 0 saturated carbocycles. The molecule has 1 heterocycles. The molecule has 2 unspecified atom stereocenters. The van der Waals surface area contributed by atoms with Crippen molar-refractivity contribution in [2.45, 2.75) is 65.9 Å². The van der Waals surface area contributed by atoms with Crippen LogP contribution in [0.15, 0.2) is 48.1 Å². The highest BCUT2D eigenvalue weighted by atomic mass is 16.5. The average Bonchev–Trinajstić information content (AvgIpc) is 3.16. The maximum atomic E-state index is 12.6. The predicted molar refractivity (Wildman–Crippen MR) is 131 cm³/mol. The second kappa shape index (κ2) is 13.9. The summed E-state index contributed by atoms with van der Waals surface area (Å²) in [7, 11) is 0. The van der Waals surface area contributed by atoms with Gasteiger partial charge in [0.05, 0.1) is 24.5 Å². The fraction of sp³-hybridized carbons (Fsp3) is 0.519. The van der Waals surface area contributed by atoms with E-state index < -0.39 is 5.97 Å². The van der Waals surface area contributed by atoms with E-state index in [0.717, 1.165) is 29.3 Å². The number of carbonyl (C=O) groups is 1. The first-order valence-corrected chi connectivity index (χ1v) is 11.8. The number of nitrogens with one attached hydrogen (secondary N) is 1. The fourth-order valence-corrected chi connectivity index (χ4v) is 3.89. The Bertz CT molecular complexity index is 896. The van der Waals surface area contributed by atoms with Crippen LogP contribution in [0.3, 0.4) is 0 Å². The zero-order valence-corrected chi connectivity index (χ0v) is 19.8. The van der Waals surface area contributed by atoms with Crippen molar-refractivity contribution in [1.82, 2.24) is 4.98 Å². The van der Waals surface area contributed by atoms with Gasteiger partial charge < -0.3 is 19.9 Å². The maximum absolute atomic E-state index is 12.6. The van der Waals surface area contributed by atoms with Crippen molar-refractivity contribution in [3.05, 3.63) is 59.3 Å². The fourth-order valence-electron chi connectivity index (χ4n) is 3.89. The summed E-state index contributed by atoms with van der Waals surface area (Å²) in [5, 5.41) is 19.3. The summed E-state index contributed by atoms with van der Waals surface area (Å²) in [6.45, 7) is 6.90. The number of aromatic amines is 1. The van der Waals surface area contributed by atoms with Gasteiger partial charge >= 0.3 is 5.97 Å². The lowest BCUT2D eigenvalue weighted by molar-refractivity contribution is 0.0508. The smallest absolute Gasteiger partial charge is 0.340 e. The van der Waals surface area contributed by atoms with E-state index in [-0.39, 0.29) is 6.61 Å². The molecule has 2 aromatic rings. The third-order valence-corrected chi connectivity index (χ3v) is 5.91. The number of carbonyl (C=O) groups excluding carboxylic acids is 1. The van der Waals surface area contributed by atoms with Crippen LogP contribution < -0.4 is 0 Å². The van der Waals surface area contributed by atoms with Gasteiger partial charge in [-0.2, -0.15) is 0 Å². The first kappa shape index (κ1) is 25.9. The molecule has 0 saturated heterocycles. The van der Waals surface area contributed by atoms with Crippen molar-refractivity contribution >= 4 is 16.9 Å². The van der Waals surface area contributed by atoms with Gasteiger partial charge in [-0.05, 0) is 44.1 Å². The lowest BCUT2D eigenvalue weighted by Crippen LogP contribution is -2.09. The van der Waals surface area contributed by atoms with E-state index in [0.29, 0.717) is 42.7 Å². The van der Waals surface area contributed by atoms with E-state index in [1.54, 1.807) is 0 Å². The van der Waals surface area contributed by atoms with Crippen molar-refractivity contribution in [2.24, 2.45) is 11.8 Å². The number of hydrogen-bond acceptors (Lipinski definition) is 4. The SMILES string of the molecule is C/C(=C\C=C\C(C)CCCC(C)CCCO)CCOC(=O)c1c(CO)[nH]c2ccccc12. The lowest BCUT2D eigenvalue weighted by atomic mass is 9.95. The zero-order chi connectivity index (χ0) is 23.3. The van der Waals surface area contributed by atoms with Crippen LogP contribution in [0.2, 0.25) is 0 Å². The number of H-pyrrole nitrogens is 1. The third-order valence-electron chi connectivity index (χ3n) is 5.91. The van der Waals surface area contributed by atoms with Gasteiger partial charge in [-0.25, -0.2) is 4.79 Å². The number of aliphatic hydroxyl groups is 2. The summed E-state index contributed by atoms with van der Waals surface area (Å²) in [4.78, 5) is 15.7. The summed E-state index contributed by atoms with van der Waals surface area (Å²) in [5.41, 5.74) is 2.88. The molecule has 0 spiro atoms. The average molecular weight is 442 g/mol. The Morgan fingerprint density at radius 1 is 1.12 bits per heavy atom. The van der Waals surface area contributed by atoms with Crippen LogP contribution >= 0.6 is 0 Å². The van der Waals surface area contributed by atoms with E-state index in [2.05, 4.69) is 37.1 Å². The van der Waals surface area contributed by atoms with Crippen molar-refractivity contribution in [3.8, 4) is 0 Å². The number of benzene rings is 1. The van der Waals surface area contributed by atoms with Crippen LogP contribution in [0, 0.1) is 11.8 Å². The number of aromatic nitrogens is 1. The molecule has 0 bridgehead atoms. The van der Waals surface area contributed by atoms with E-state index in [1.165, 1.54) is 19.3 Å². The monoisotopic (exact) mass is 441 g/mol. The number of fused-ring (bicyclic) bond motifs is 1. The largest absolute Gasteiger partial charge is 0.462 e. The van der Waals surface area contributed by atoms with E-state index in [1.807, 2.05) is 31.2 Å². The highest BCUT2D eigenvalue weighted by Gasteiger charge is 2.19. The lowest BCUT2D eigenvalue weighted by Gasteiger charge is -2.11. The van der Waals surface area contributed by atoms with E-state index in [4.69, 9.17) is 9.84 Å². The van der Waals surface area contributed by atoms with Gasteiger partial charge in [0.2, 0.25) is 0 Å². The molecule has 5 nitrogen and oxygen atoms in total. The first-order valence-electron chi connectivity index (χ1n) is 11.8. The third kappa shape index (κ3) is 8.29. The summed E-state index contributed by atoms with van der Waals surface area (Å²) in [6, 6.07) is 7.49. The molecule has 1 aromatic carbocycles. The first-order chi connectivity index (χ1) is 15.5. The van der Waals surface area contributed by atoms with Crippen molar-refractivity contribution in [2.75, 3.05) is 13.2 Å². The Balaban J connectivity index is 1.74. The van der Waals surface area contributed by atoms with Crippen molar-refractivity contribution in [1.29, 1.82) is 0 Å². The molecule has 3 N–H and O–H groups in total. The molecule has 0 aliphatic rings. The Morgan fingerprint density at radius 3 is 2.62 bits per heavy atom. The van der Waals surface area contributed by atoms with E-state index >= 15 is 0 Å². The molecule has 0 amide bonds. The van der Waals surface area contributed by atoms with Gasteiger partial charge in [0, 0.05) is 23.9 Å². The number of aliphatic hydroxyl groups excluding tert-OH is 2. The van der Waals surface area contributed by atoms with Crippen LogP contribution in [0.4, 0.5) is 0 Å². The Hall–Kier alpha value is -2.37. The van der Waals surface area contributed by atoms with Crippen molar-refractivity contribution < 1.29 is 19.7 Å². The Kier molecular flexibility index (Phi) is 11.3.